The molecule has 0 aliphatic carbocycles. The molecule has 1 fully saturated rings. The van der Waals surface area contributed by atoms with E-state index < -0.39 is 11.7 Å². The Labute approximate surface area is 215 Å². The Morgan fingerprint density at radius 1 is 1.18 bits per heavy atom. The first kappa shape index (κ1) is 25.4. The fraction of sp³-hybridized carbons (Fsp3) is 0.308. The summed E-state index contributed by atoms with van der Waals surface area (Å²) in [4.78, 5) is 23.2. The van der Waals surface area contributed by atoms with Crippen molar-refractivity contribution in [2.75, 3.05) is 25.9 Å². The number of piperidine rings is 1. The first-order chi connectivity index (χ1) is 18.2. The zero-order valence-electron chi connectivity index (χ0n) is 20.4. The molecule has 0 saturated carbocycles. The number of nitrogens with two attached hydrogens (primary N) is 1. The van der Waals surface area contributed by atoms with Crippen LogP contribution < -0.4 is 10.5 Å². The Hall–Kier alpha value is -4.22. The van der Waals surface area contributed by atoms with Crippen LogP contribution in [0.2, 0.25) is 0 Å². The van der Waals surface area contributed by atoms with Crippen molar-refractivity contribution in [3.05, 3.63) is 71.4 Å². The van der Waals surface area contributed by atoms with Gasteiger partial charge in [-0.2, -0.15) is 18.3 Å². The third-order valence-corrected chi connectivity index (χ3v) is 6.70. The van der Waals surface area contributed by atoms with E-state index in [1.807, 2.05) is 0 Å². The van der Waals surface area contributed by atoms with Crippen molar-refractivity contribution in [3.8, 4) is 17.1 Å². The average molecular weight is 529 g/mol. The molecule has 2 N–H and O–H groups in total. The number of alkyl halides is 3. The smallest absolute Gasteiger partial charge is 0.418 e. The molecule has 12 heteroatoms. The van der Waals surface area contributed by atoms with Gasteiger partial charge < -0.3 is 15.4 Å². The summed E-state index contributed by atoms with van der Waals surface area (Å²) in [6, 6.07) is 8.67. The molecule has 1 amide bonds. The van der Waals surface area contributed by atoms with Crippen LogP contribution in [0.25, 0.3) is 16.8 Å². The predicted octanol–water partition coefficient (Wildman–Crippen LogP) is 4.63. The number of likely N-dealkylation sites (tertiary alicyclic amines) is 1. The second-order valence-corrected chi connectivity index (χ2v) is 9.22. The maximum Gasteiger partial charge on any atom is 0.418 e. The maximum atomic E-state index is 13.8. The summed E-state index contributed by atoms with van der Waals surface area (Å²) in [6.07, 6.45) is 0.0637. The molecule has 38 heavy (non-hydrogen) atoms. The minimum Gasteiger partial charge on any atom is -0.480 e. The van der Waals surface area contributed by atoms with Gasteiger partial charge in [0.2, 0.25) is 5.88 Å². The van der Waals surface area contributed by atoms with Gasteiger partial charge in [-0.15, -0.1) is 0 Å². The highest BCUT2D eigenvalue weighted by molar-refractivity contribution is 5.97. The number of pyridine rings is 1. The fourth-order valence-electron chi connectivity index (χ4n) is 4.94. The molecule has 198 valence electrons. The quantitative estimate of drug-likeness (QED) is 0.379. The minimum atomic E-state index is -4.70. The standard InChI is InChI=1S/C26H24F4N6O2/c1-38-24-19(25(37)35-8-2-3-16(13-35)9-15-4-6-18(27)7-5-15)10-17(12-32-24)21-11-20(26(28,29)30)22-23(31)33-14-34-36(21)22/h4-7,10-12,14,16H,2-3,8-9,13H2,1H3,(H2,31,33,34)/t16-/m0/s1. The fourth-order valence-corrected chi connectivity index (χ4v) is 4.94. The zero-order chi connectivity index (χ0) is 27.0. The van der Waals surface area contributed by atoms with E-state index in [0.29, 0.717) is 19.5 Å². The van der Waals surface area contributed by atoms with Gasteiger partial charge in [0.05, 0.1) is 18.4 Å². The summed E-state index contributed by atoms with van der Waals surface area (Å²) in [5, 5.41) is 3.96. The lowest BCUT2D eigenvalue weighted by Crippen LogP contribution is -2.40. The number of carbonyl (C=O) groups excluding carboxylic acids is 1. The molecule has 0 spiro atoms. The molecule has 0 unspecified atom stereocenters. The Bertz CT molecular complexity index is 1490. The third-order valence-electron chi connectivity index (χ3n) is 6.70. The van der Waals surface area contributed by atoms with Gasteiger partial charge >= 0.3 is 6.18 Å². The van der Waals surface area contributed by atoms with E-state index in [-0.39, 0.29) is 51.7 Å². The number of hydrogen-bond donors (Lipinski definition) is 1. The number of rotatable bonds is 5. The number of aromatic nitrogens is 4. The van der Waals surface area contributed by atoms with E-state index >= 15 is 0 Å². The van der Waals surface area contributed by atoms with Gasteiger partial charge in [0.1, 0.15) is 23.2 Å². The van der Waals surface area contributed by atoms with Crippen molar-refractivity contribution in [1.82, 2.24) is 24.5 Å². The van der Waals surface area contributed by atoms with Crippen LogP contribution in [0.3, 0.4) is 0 Å². The zero-order valence-corrected chi connectivity index (χ0v) is 20.4. The van der Waals surface area contributed by atoms with Crippen molar-refractivity contribution in [2.45, 2.75) is 25.4 Å². The van der Waals surface area contributed by atoms with Crippen LogP contribution in [-0.2, 0) is 12.6 Å². The molecular weight excluding hydrogens is 504 g/mol. The predicted molar refractivity (Wildman–Crippen MR) is 131 cm³/mol. The van der Waals surface area contributed by atoms with Crippen LogP contribution in [-0.4, -0.2) is 50.6 Å². The number of ether oxygens (including phenoxy) is 1. The molecule has 1 aromatic carbocycles. The normalized spacial score (nSPS) is 16.1. The lowest BCUT2D eigenvalue weighted by Gasteiger charge is -2.33. The van der Waals surface area contributed by atoms with Crippen LogP contribution >= 0.6 is 0 Å². The molecule has 0 radical (unpaired) electrons. The largest absolute Gasteiger partial charge is 0.480 e. The molecule has 4 aromatic rings. The lowest BCUT2D eigenvalue weighted by molar-refractivity contribution is -0.136. The molecule has 3 aromatic heterocycles. The molecule has 0 bridgehead atoms. The van der Waals surface area contributed by atoms with E-state index in [1.54, 1.807) is 17.0 Å². The number of anilines is 1. The SMILES string of the molecule is COc1ncc(-c2cc(C(F)(F)F)c3c(N)ncnn23)cc1C(=O)N1CCC[C@@H](Cc2ccc(F)cc2)C1. The third kappa shape index (κ3) is 4.85. The second-order valence-electron chi connectivity index (χ2n) is 9.22. The van der Waals surface area contributed by atoms with Crippen molar-refractivity contribution in [3.63, 3.8) is 0 Å². The molecule has 1 aliphatic rings. The van der Waals surface area contributed by atoms with E-state index in [1.165, 1.54) is 31.5 Å². The minimum absolute atomic E-state index is 0.0541. The first-order valence-corrected chi connectivity index (χ1v) is 11.9. The highest BCUT2D eigenvalue weighted by Gasteiger charge is 2.37. The number of hydrogen-bond acceptors (Lipinski definition) is 6. The summed E-state index contributed by atoms with van der Waals surface area (Å²) < 4.78 is 60.9. The number of nitrogens with zero attached hydrogens (tertiary/aromatic N) is 5. The van der Waals surface area contributed by atoms with Crippen LogP contribution in [0, 0.1) is 11.7 Å². The van der Waals surface area contributed by atoms with Crippen LogP contribution in [0.1, 0.15) is 34.3 Å². The molecule has 8 nitrogen and oxygen atoms in total. The van der Waals surface area contributed by atoms with Gasteiger partial charge in [-0.25, -0.2) is 18.9 Å². The molecule has 1 saturated heterocycles. The van der Waals surface area contributed by atoms with Gasteiger partial charge in [-0.3, -0.25) is 4.79 Å². The highest BCUT2D eigenvalue weighted by atomic mass is 19.4. The van der Waals surface area contributed by atoms with Crippen LogP contribution in [0.15, 0.2) is 48.9 Å². The highest BCUT2D eigenvalue weighted by Crippen LogP contribution is 2.39. The summed E-state index contributed by atoms with van der Waals surface area (Å²) >= 11 is 0. The number of fused-ring (bicyclic) bond motifs is 1. The maximum absolute atomic E-state index is 13.8. The van der Waals surface area contributed by atoms with Gasteiger partial charge in [-0.05, 0) is 55.0 Å². The van der Waals surface area contributed by atoms with E-state index in [2.05, 4.69) is 15.1 Å². The lowest BCUT2D eigenvalue weighted by atomic mass is 9.91. The number of nitrogen functional groups attached to an aromatic ring is 1. The van der Waals surface area contributed by atoms with Crippen LogP contribution in [0.5, 0.6) is 5.88 Å². The van der Waals surface area contributed by atoms with E-state index in [4.69, 9.17) is 10.5 Å². The number of methoxy groups -OCH3 is 1. The van der Waals surface area contributed by atoms with E-state index in [9.17, 15) is 22.4 Å². The Morgan fingerprint density at radius 2 is 1.95 bits per heavy atom. The van der Waals surface area contributed by atoms with Crippen molar-refractivity contribution in [2.24, 2.45) is 5.92 Å². The van der Waals surface area contributed by atoms with Crippen molar-refractivity contribution < 1.29 is 27.1 Å². The molecule has 5 rings (SSSR count). The topological polar surface area (TPSA) is 98.6 Å². The van der Waals surface area contributed by atoms with Gasteiger partial charge in [0.25, 0.3) is 5.91 Å². The van der Waals surface area contributed by atoms with Crippen LogP contribution in [0.4, 0.5) is 23.4 Å². The number of amides is 1. The van der Waals surface area contributed by atoms with Gasteiger partial charge in [0, 0.05) is 24.8 Å². The molecule has 1 atom stereocenters. The summed E-state index contributed by atoms with van der Waals surface area (Å²) in [7, 11) is 1.37. The second kappa shape index (κ2) is 9.92. The summed E-state index contributed by atoms with van der Waals surface area (Å²) in [5.41, 5.74) is 5.78. The van der Waals surface area contributed by atoms with E-state index in [0.717, 1.165) is 35.3 Å². The monoisotopic (exact) mass is 528 g/mol. The van der Waals surface area contributed by atoms with Gasteiger partial charge in [0.15, 0.2) is 5.82 Å². The van der Waals surface area contributed by atoms with Crippen molar-refractivity contribution in [1.29, 1.82) is 0 Å². The summed E-state index contributed by atoms with van der Waals surface area (Å²) in [5.74, 6) is -0.738. The number of halogens is 4. The first-order valence-electron chi connectivity index (χ1n) is 11.9. The molecule has 4 heterocycles. The molecular formula is C26H24F4N6O2. The van der Waals surface area contributed by atoms with Crippen molar-refractivity contribution >= 4 is 17.2 Å². The van der Waals surface area contributed by atoms with Gasteiger partial charge in [-0.1, -0.05) is 12.1 Å². The average Bonchev–Trinajstić information content (AvgIpc) is 3.31. The number of carbonyl (C=O) groups is 1. The Balaban J connectivity index is 1.47. The Morgan fingerprint density at radius 3 is 2.66 bits per heavy atom. The molecule has 1 aliphatic heterocycles. The number of benzene rings is 1. The Kier molecular flexibility index (Phi) is 6.64. The summed E-state index contributed by atoms with van der Waals surface area (Å²) in [6.45, 7) is 0.988.